The third kappa shape index (κ3) is 2.67. The van der Waals surface area contributed by atoms with E-state index in [1.165, 1.54) is 29.9 Å². The standard InChI is InChI=1S/C13H14N4O2S/c1-3-8-7(2)20-13(10(8)11(14)18)17-12(19)9-6-15-4-5-16-9/h4-6H,3H2,1-2H3,(H2,14,18)(H,17,19). The highest BCUT2D eigenvalue weighted by Crippen LogP contribution is 2.33. The summed E-state index contributed by atoms with van der Waals surface area (Å²) in [6, 6.07) is 0. The summed E-state index contributed by atoms with van der Waals surface area (Å²) in [5.41, 5.74) is 6.85. The van der Waals surface area contributed by atoms with E-state index in [-0.39, 0.29) is 5.69 Å². The summed E-state index contributed by atoms with van der Waals surface area (Å²) in [5, 5.41) is 3.14. The summed E-state index contributed by atoms with van der Waals surface area (Å²) in [5.74, 6) is -0.954. The maximum Gasteiger partial charge on any atom is 0.276 e. The van der Waals surface area contributed by atoms with Crippen molar-refractivity contribution in [2.24, 2.45) is 5.73 Å². The highest BCUT2D eigenvalue weighted by Gasteiger charge is 2.21. The topological polar surface area (TPSA) is 98.0 Å². The van der Waals surface area contributed by atoms with Gasteiger partial charge in [-0.2, -0.15) is 0 Å². The molecule has 20 heavy (non-hydrogen) atoms. The first-order chi connectivity index (χ1) is 9.54. The lowest BCUT2D eigenvalue weighted by Crippen LogP contribution is -2.18. The molecule has 0 bridgehead atoms. The zero-order valence-electron chi connectivity index (χ0n) is 11.1. The second-order valence-electron chi connectivity index (χ2n) is 4.10. The minimum absolute atomic E-state index is 0.187. The zero-order chi connectivity index (χ0) is 14.7. The van der Waals surface area contributed by atoms with Crippen LogP contribution in [0.2, 0.25) is 0 Å². The van der Waals surface area contributed by atoms with Crippen LogP contribution in [0.3, 0.4) is 0 Å². The third-order valence-corrected chi connectivity index (χ3v) is 3.89. The van der Waals surface area contributed by atoms with Crippen LogP contribution in [0.15, 0.2) is 18.6 Å². The van der Waals surface area contributed by atoms with E-state index in [2.05, 4.69) is 15.3 Å². The molecule has 0 aliphatic heterocycles. The van der Waals surface area contributed by atoms with Gasteiger partial charge in [-0.05, 0) is 18.9 Å². The van der Waals surface area contributed by atoms with Gasteiger partial charge in [-0.1, -0.05) is 6.92 Å². The monoisotopic (exact) mass is 290 g/mol. The number of nitrogens with one attached hydrogen (secondary N) is 1. The van der Waals surface area contributed by atoms with Crippen molar-refractivity contribution in [2.75, 3.05) is 5.32 Å². The van der Waals surface area contributed by atoms with Gasteiger partial charge in [0.25, 0.3) is 11.8 Å². The van der Waals surface area contributed by atoms with Gasteiger partial charge < -0.3 is 11.1 Å². The second kappa shape index (κ2) is 5.79. The number of amides is 2. The first-order valence-corrected chi connectivity index (χ1v) is 6.85. The van der Waals surface area contributed by atoms with Crippen LogP contribution in [-0.4, -0.2) is 21.8 Å². The lowest BCUT2D eigenvalue weighted by Gasteiger charge is -2.04. The minimum atomic E-state index is -0.541. The van der Waals surface area contributed by atoms with E-state index in [1.54, 1.807) is 0 Å². The fraction of sp³-hybridized carbons (Fsp3) is 0.231. The number of thiophene rings is 1. The fourth-order valence-corrected chi connectivity index (χ4v) is 3.08. The Bertz CT molecular complexity index is 652. The van der Waals surface area contributed by atoms with E-state index in [1.807, 2.05) is 13.8 Å². The Balaban J connectivity index is 2.35. The molecule has 0 fully saturated rings. The van der Waals surface area contributed by atoms with Gasteiger partial charge in [0.2, 0.25) is 0 Å². The van der Waals surface area contributed by atoms with Crippen molar-refractivity contribution < 1.29 is 9.59 Å². The number of nitrogens with zero attached hydrogens (tertiary/aromatic N) is 2. The normalized spacial score (nSPS) is 10.3. The largest absolute Gasteiger partial charge is 0.365 e. The Labute approximate surface area is 120 Å². The maximum atomic E-state index is 12.0. The van der Waals surface area contributed by atoms with Crippen molar-refractivity contribution in [1.29, 1.82) is 0 Å². The number of anilines is 1. The molecule has 0 aliphatic rings. The molecule has 0 saturated heterocycles. The summed E-state index contributed by atoms with van der Waals surface area (Å²) < 4.78 is 0. The van der Waals surface area contributed by atoms with Crippen LogP contribution < -0.4 is 11.1 Å². The van der Waals surface area contributed by atoms with Gasteiger partial charge in [0.1, 0.15) is 10.7 Å². The molecule has 0 saturated carbocycles. The number of primary amides is 1. The van der Waals surface area contributed by atoms with Gasteiger partial charge in [-0.3, -0.25) is 14.6 Å². The molecule has 0 atom stereocenters. The summed E-state index contributed by atoms with van der Waals surface area (Å²) in [4.78, 5) is 32.3. The highest BCUT2D eigenvalue weighted by atomic mass is 32.1. The summed E-state index contributed by atoms with van der Waals surface area (Å²) in [6.07, 6.45) is 4.96. The van der Waals surface area contributed by atoms with E-state index >= 15 is 0 Å². The predicted molar refractivity (Wildman–Crippen MR) is 76.9 cm³/mol. The molecule has 2 amide bonds. The molecular weight excluding hydrogens is 276 g/mol. The van der Waals surface area contributed by atoms with Gasteiger partial charge in [0.15, 0.2) is 0 Å². The Morgan fingerprint density at radius 1 is 1.40 bits per heavy atom. The van der Waals surface area contributed by atoms with E-state index in [0.29, 0.717) is 17.0 Å². The van der Waals surface area contributed by atoms with E-state index in [9.17, 15) is 9.59 Å². The Morgan fingerprint density at radius 3 is 2.70 bits per heavy atom. The minimum Gasteiger partial charge on any atom is -0.365 e. The average Bonchev–Trinajstić information content (AvgIpc) is 2.75. The lowest BCUT2D eigenvalue weighted by atomic mass is 10.1. The first kappa shape index (κ1) is 14.1. The molecule has 7 heteroatoms. The number of carbonyl (C=O) groups is 2. The van der Waals surface area contributed by atoms with Crippen molar-refractivity contribution in [1.82, 2.24) is 9.97 Å². The van der Waals surface area contributed by atoms with Crippen LogP contribution >= 0.6 is 11.3 Å². The summed E-state index contributed by atoms with van der Waals surface area (Å²) in [7, 11) is 0. The van der Waals surface area contributed by atoms with E-state index in [4.69, 9.17) is 5.73 Å². The van der Waals surface area contributed by atoms with Crippen LogP contribution in [-0.2, 0) is 6.42 Å². The SMILES string of the molecule is CCc1c(C)sc(NC(=O)c2cnccn2)c1C(N)=O. The molecule has 0 radical (unpaired) electrons. The van der Waals surface area contributed by atoms with Gasteiger partial charge in [0, 0.05) is 17.3 Å². The van der Waals surface area contributed by atoms with Crippen molar-refractivity contribution in [3.05, 3.63) is 40.3 Å². The molecule has 0 aromatic carbocycles. The number of aromatic nitrogens is 2. The molecule has 2 heterocycles. The van der Waals surface area contributed by atoms with Crippen LogP contribution in [0.1, 0.15) is 38.2 Å². The number of aryl methyl sites for hydroxylation is 1. The number of nitrogens with two attached hydrogens (primary N) is 1. The van der Waals surface area contributed by atoms with Gasteiger partial charge in [0.05, 0.1) is 11.8 Å². The molecule has 0 aliphatic carbocycles. The molecule has 0 unspecified atom stereocenters. The predicted octanol–water partition coefficient (Wildman–Crippen LogP) is 1.76. The molecule has 0 spiro atoms. The van der Waals surface area contributed by atoms with Gasteiger partial charge in [-0.15, -0.1) is 11.3 Å². The highest BCUT2D eigenvalue weighted by molar-refractivity contribution is 7.16. The number of hydrogen-bond acceptors (Lipinski definition) is 5. The fourth-order valence-electron chi connectivity index (χ4n) is 1.94. The third-order valence-electron chi connectivity index (χ3n) is 2.83. The van der Waals surface area contributed by atoms with Gasteiger partial charge >= 0.3 is 0 Å². The molecule has 3 N–H and O–H groups in total. The maximum absolute atomic E-state index is 12.0. The average molecular weight is 290 g/mol. The van der Waals surface area contributed by atoms with Crippen molar-refractivity contribution in [3.63, 3.8) is 0 Å². The van der Waals surface area contributed by atoms with Crippen molar-refractivity contribution in [3.8, 4) is 0 Å². The van der Waals surface area contributed by atoms with Crippen LogP contribution in [0.4, 0.5) is 5.00 Å². The van der Waals surface area contributed by atoms with E-state index in [0.717, 1.165) is 10.4 Å². The molecule has 104 valence electrons. The number of rotatable bonds is 4. The Morgan fingerprint density at radius 2 is 2.15 bits per heavy atom. The molecule has 2 aromatic rings. The molecule has 2 rings (SSSR count). The van der Waals surface area contributed by atoms with E-state index < -0.39 is 11.8 Å². The van der Waals surface area contributed by atoms with Gasteiger partial charge in [-0.25, -0.2) is 4.98 Å². The van der Waals surface area contributed by atoms with Crippen LogP contribution in [0.5, 0.6) is 0 Å². The van der Waals surface area contributed by atoms with Crippen molar-refractivity contribution in [2.45, 2.75) is 20.3 Å². The summed E-state index contributed by atoms with van der Waals surface area (Å²) in [6.45, 7) is 3.84. The number of carbonyl (C=O) groups excluding carboxylic acids is 2. The quantitative estimate of drug-likeness (QED) is 0.896. The summed E-state index contributed by atoms with van der Waals surface area (Å²) >= 11 is 1.34. The Kier molecular flexibility index (Phi) is 4.09. The number of hydrogen-bond donors (Lipinski definition) is 2. The zero-order valence-corrected chi connectivity index (χ0v) is 12.0. The molecule has 6 nitrogen and oxygen atoms in total. The van der Waals surface area contributed by atoms with Crippen LogP contribution in [0, 0.1) is 6.92 Å². The van der Waals surface area contributed by atoms with Crippen LogP contribution in [0.25, 0.3) is 0 Å². The smallest absolute Gasteiger partial charge is 0.276 e. The lowest BCUT2D eigenvalue weighted by molar-refractivity contribution is 0.100. The Hall–Kier alpha value is -2.28. The molecule has 2 aromatic heterocycles. The first-order valence-electron chi connectivity index (χ1n) is 6.04. The van der Waals surface area contributed by atoms with Crippen molar-refractivity contribution >= 4 is 28.2 Å². The molecular formula is C13H14N4O2S. The second-order valence-corrected chi connectivity index (χ2v) is 5.33.